The summed E-state index contributed by atoms with van der Waals surface area (Å²) in [5.74, 6) is 1.08. The number of nitrogens with one attached hydrogen (secondary N) is 1. The Balaban J connectivity index is 1.56. The Morgan fingerprint density at radius 1 is 1.17 bits per heavy atom. The van der Waals surface area contributed by atoms with E-state index in [1.54, 1.807) is 18.3 Å². The molecule has 1 aromatic heterocycles. The number of likely N-dealkylation sites (N-methyl/N-ethyl adjacent to an activating group) is 1. The van der Waals surface area contributed by atoms with E-state index < -0.39 is 0 Å². The van der Waals surface area contributed by atoms with Gasteiger partial charge in [0.15, 0.2) is 0 Å². The van der Waals surface area contributed by atoms with Crippen LogP contribution in [0.15, 0.2) is 47.1 Å². The van der Waals surface area contributed by atoms with Gasteiger partial charge in [0.25, 0.3) is 5.91 Å². The Hall–Kier alpha value is -2.45. The Bertz CT molecular complexity index is 844. The number of benzene rings is 1. The standard InChI is InChI=1S/C21H25BrN4O3/c1-2-23-19(27)15-25-9-4-10-26(12-11-25)21(28)16-7-8-20(24-14-16)29-18-6-3-5-17(22)13-18/h3,5-8,13-14H,2,4,9-12,15H2,1H3,(H,23,27). The fourth-order valence-corrected chi connectivity index (χ4v) is 3.57. The minimum absolute atomic E-state index is 0.0255. The molecule has 0 bridgehead atoms. The van der Waals surface area contributed by atoms with Crippen LogP contribution in [-0.4, -0.2) is 65.9 Å². The highest BCUT2D eigenvalue weighted by Crippen LogP contribution is 2.23. The third kappa shape index (κ3) is 6.27. The number of carbonyl (C=O) groups is 2. The van der Waals surface area contributed by atoms with Crippen LogP contribution >= 0.6 is 15.9 Å². The van der Waals surface area contributed by atoms with Gasteiger partial charge in [0, 0.05) is 49.5 Å². The molecule has 8 heteroatoms. The van der Waals surface area contributed by atoms with Gasteiger partial charge in [-0.25, -0.2) is 4.98 Å². The smallest absolute Gasteiger partial charge is 0.255 e. The van der Waals surface area contributed by atoms with Crippen LogP contribution in [0, 0.1) is 0 Å². The summed E-state index contributed by atoms with van der Waals surface area (Å²) < 4.78 is 6.64. The average Bonchev–Trinajstić information content (AvgIpc) is 2.94. The zero-order valence-electron chi connectivity index (χ0n) is 16.4. The first-order valence-corrected chi connectivity index (χ1v) is 10.5. The molecule has 2 aromatic rings. The lowest BCUT2D eigenvalue weighted by Crippen LogP contribution is -2.40. The van der Waals surface area contributed by atoms with Crippen LogP contribution in [0.25, 0.3) is 0 Å². The molecule has 1 aliphatic rings. The molecular formula is C21H25BrN4O3. The van der Waals surface area contributed by atoms with Gasteiger partial charge in [0.1, 0.15) is 5.75 Å². The lowest BCUT2D eigenvalue weighted by molar-refractivity contribution is -0.122. The van der Waals surface area contributed by atoms with Crippen molar-refractivity contribution in [2.24, 2.45) is 0 Å². The highest BCUT2D eigenvalue weighted by molar-refractivity contribution is 9.10. The molecule has 1 fully saturated rings. The Kier molecular flexibility index (Phi) is 7.60. The van der Waals surface area contributed by atoms with Crippen molar-refractivity contribution in [3.05, 3.63) is 52.6 Å². The number of ether oxygens (including phenoxy) is 1. The molecule has 0 radical (unpaired) electrons. The van der Waals surface area contributed by atoms with E-state index in [0.29, 0.717) is 49.9 Å². The number of nitrogens with zero attached hydrogens (tertiary/aromatic N) is 3. The largest absolute Gasteiger partial charge is 0.439 e. The number of aromatic nitrogens is 1. The second-order valence-electron chi connectivity index (χ2n) is 6.82. The number of hydrogen-bond donors (Lipinski definition) is 1. The maximum absolute atomic E-state index is 12.8. The van der Waals surface area contributed by atoms with Crippen LogP contribution < -0.4 is 10.1 Å². The predicted octanol–water partition coefficient (Wildman–Crippen LogP) is 2.92. The number of pyridine rings is 1. The first kappa shape index (κ1) is 21.3. The fourth-order valence-electron chi connectivity index (χ4n) is 3.19. The number of carbonyl (C=O) groups excluding carboxylic acids is 2. The van der Waals surface area contributed by atoms with Gasteiger partial charge in [-0.1, -0.05) is 22.0 Å². The zero-order chi connectivity index (χ0) is 20.6. The van der Waals surface area contributed by atoms with Gasteiger partial charge >= 0.3 is 0 Å². The molecule has 2 amide bonds. The van der Waals surface area contributed by atoms with Crippen molar-refractivity contribution in [3.8, 4) is 11.6 Å². The summed E-state index contributed by atoms with van der Waals surface area (Å²) in [6.45, 7) is 5.66. The van der Waals surface area contributed by atoms with Gasteiger partial charge in [-0.3, -0.25) is 14.5 Å². The van der Waals surface area contributed by atoms with E-state index in [2.05, 4.69) is 31.1 Å². The topological polar surface area (TPSA) is 74.8 Å². The lowest BCUT2D eigenvalue weighted by Gasteiger charge is -2.21. The number of rotatable bonds is 6. The number of hydrogen-bond acceptors (Lipinski definition) is 5. The highest BCUT2D eigenvalue weighted by atomic mass is 79.9. The Labute approximate surface area is 179 Å². The van der Waals surface area contributed by atoms with Gasteiger partial charge in [-0.05, 0) is 37.6 Å². The summed E-state index contributed by atoms with van der Waals surface area (Å²) >= 11 is 3.41. The zero-order valence-corrected chi connectivity index (χ0v) is 18.0. The van der Waals surface area contributed by atoms with Crippen LogP contribution in [0.4, 0.5) is 0 Å². The second-order valence-corrected chi connectivity index (χ2v) is 7.74. The molecule has 3 rings (SSSR count). The van der Waals surface area contributed by atoms with E-state index in [1.165, 1.54) is 0 Å². The molecule has 29 heavy (non-hydrogen) atoms. The van der Waals surface area contributed by atoms with E-state index >= 15 is 0 Å². The Morgan fingerprint density at radius 3 is 2.76 bits per heavy atom. The van der Waals surface area contributed by atoms with Gasteiger partial charge in [0.05, 0.1) is 12.1 Å². The van der Waals surface area contributed by atoms with E-state index in [-0.39, 0.29) is 11.8 Å². The molecule has 154 valence electrons. The SMILES string of the molecule is CCNC(=O)CN1CCCN(C(=O)c2ccc(Oc3cccc(Br)c3)nc2)CC1. The predicted molar refractivity (Wildman–Crippen MR) is 114 cm³/mol. The molecule has 7 nitrogen and oxygen atoms in total. The molecule has 1 aliphatic heterocycles. The maximum Gasteiger partial charge on any atom is 0.255 e. The molecule has 0 saturated carbocycles. The average molecular weight is 461 g/mol. The molecule has 1 saturated heterocycles. The summed E-state index contributed by atoms with van der Waals surface area (Å²) in [6.07, 6.45) is 2.38. The van der Waals surface area contributed by atoms with Crippen molar-refractivity contribution in [1.82, 2.24) is 20.1 Å². The summed E-state index contributed by atoms with van der Waals surface area (Å²) in [6, 6.07) is 10.9. The summed E-state index contributed by atoms with van der Waals surface area (Å²) in [5.41, 5.74) is 0.531. The van der Waals surface area contributed by atoms with Crippen molar-refractivity contribution < 1.29 is 14.3 Å². The van der Waals surface area contributed by atoms with Gasteiger partial charge in [0.2, 0.25) is 11.8 Å². The normalized spacial score (nSPS) is 14.9. The van der Waals surface area contributed by atoms with Crippen molar-refractivity contribution in [2.45, 2.75) is 13.3 Å². The summed E-state index contributed by atoms with van der Waals surface area (Å²) in [7, 11) is 0. The van der Waals surface area contributed by atoms with Crippen LogP contribution in [-0.2, 0) is 4.79 Å². The Morgan fingerprint density at radius 2 is 2.03 bits per heavy atom. The molecule has 0 atom stereocenters. The maximum atomic E-state index is 12.8. The van der Waals surface area contributed by atoms with Crippen molar-refractivity contribution in [3.63, 3.8) is 0 Å². The van der Waals surface area contributed by atoms with Crippen LogP contribution in [0.1, 0.15) is 23.7 Å². The minimum Gasteiger partial charge on any atom is -0.439 e. The van der Waals surface area contributed by atoms with E-state index in [0.717, 1.165) is 17.4 Å². The van der Waals surface area contributed by atoms with Crippen LogP contribution in [0.2, 0.25) is 0 Å². The molecule has 0 aliphatic carbocycles. The molecule has 0 spiro atoms. The van der Waals surface area contributed by atoms with Gasteiger partial charge < -0.3 is 15.0 Å². The molecule has 2 heterocycles. The van der Waals surface area contributed by atoms with Gasteiger partial charge in [-0.2, -0.15) is 0 Å². The summed E-state index contributed by atoms with van der Waals surface area (Å²) in [4.78, 5) is 32.8. The molecule has 1 N–H and O–H groups in total. The monoisotopic (exact) mass is 460 g/mol. The molecule has 0 unspecified atom stereocenters. The van der Waals surface area contributed by atoms with E-state index in [4.69, 9.17) is 4.74 Å². The van der Waals surface area contributed by atoms with Crippen LogP contribution in [0.3, 0.4) is 0 Å². The van der Waals surface area contributed by atoms with E-state index in [9.17, 15) is 9.59 Å². The van der Waals surface area contributed by atoms with Gasteiger partial charge in [-0.15, -0.1) is 0 Å². The third-order valence-corrected chi connectivity index (χ3v) is 5.11. The van der Waals surface area contributed by atoms with Crippen molar-refractivity contribution in [1.29, 1.82) is 0 Å². The quantitative estimate of drug-likeness (QED) is 0.716. The number of halogens is 1. The van der Waals surface area contributed by atoms with Crippen molar-refractivity contribution >= 4 is 27.7 Å². The number of amides is 2. The third-order valence-electron chi connectivity index (χ3n) is 4.62. The fraction of sp³-hybridized carbons (Fsp3) is 0.381. The van der Waals surface area contributed by atoms with Crippen molar-refractivity contribution in [2.75, 3.05) is 39.3 Å². The van der Waals surface area contributed by atoms with Crippen LogP contribution in [0.5, 0.6) is 11.6 Å². The first-order valence-electron chi connectivity index (χ1n) is 9.73. The first-order chi connectivity index (χ1) is 14.0. The lowest BCUT2D eigenvalue weighted by atomic mass is 10.2. The summed E-state index contributed by atoms with van der Waals surface area (Å²) in [5, 5.41) is 2.81. The second kappa shape index (κ2) is 10.4. The van der Waals surface area contributed by atoms with E-state index in [1.807, 2.05) is 36.1 Å². The minimum atomic E-state index is -0.0497. The molecule has 1 aromatic carbocycles. The highest BCUT2D eigenvalue weighted by Gasteiger charge is 2.21. The molecular weight excluding hydrogens is 436 g/mol.